The van der Waals surface area contributed by atoms with Gasteiger partial charge in [0.2, 0.25) is 0 Å². The third-order valence-corrected chi connectivity index (χ3v) is 2.72. The number of nitro benzene ring substituents is 1. The Morgan fingerprint density at radius 1 is 1.35 bits per heavy atom. The lowest BCUT2D eigenvalue weighted by Gasteiger charge is -2.11. The van der Waals surface area contributed by atoms with Crippen molar-refractivity contribution in [3.05, 3.63) is 57.9 Å². The highest BCUT2D eigenvalue weighted by Gasteiger charge is 2.16. The molecule has 0 aliphatic rings. The summed E-state index contributed by atoms with van der Waals surface area (Å²) in [6.45, 7) is 1.77. The molecule has 1 aromatic carbocycles. The van der Waals surface area contributed by atoms with Gasteiger partial charge in [-0.3, -0.25) is 15.1 Å². The Morgan fingerprint density at radius 3 is 2.70 bits per heavy atom. The molecule has 7 nitrogen and oxygen atoms in total. The number of hydrogen-bond donors (Lipinski definition) is 2. The summed E-state index contributed by atoms with van der Waals surface area (Å²) in [6.07, 6.45) is 1.62. The zero-order valence-corrected chi connectivity index (χ0v) is 10.5. The summed E-state index contributed by atoms with van der Waals surface area (Å²) in [5.74, 6) is -1.24. The maximum atomic E-state index is 11.2. The predicted octanol–water partition coefficient (Wildman–Crippen LogP) is 2.74. The molecule has 0 saturated heterocycles. The number of rotatable bonds is 4. The first-order valence-corrected chi connectivity index (χ1v) is 5.69. The van der Waals surface area contributed by atoms with Crippen molar-refractivity contribution in [1.82, 2.24) is 4.98 Å². The molecule has 1 aromatic heterocycles. The van der Waals surface area contributed by atoms with E-state index < -0.39 is 10.9 Å². The van der Waals surface area contributed by atoms with Gasteiger partial charge in [0.05, 0.1) is 27.6 Å². The Morgan fingerprint density at radius 2 is 2.10 bits per heavy atom. The van der Waals surface area contributed by atoms with Gasteiger partial charge in [-0.05, 0) is 25.1 Å². The second-order valence-electron chi connectivity index (χ2n) is 4.05. The van der Waals surface area contributed by atoms with Crippen LogP contribution in [-0.2, 0) is 0 Å². The van der Waals surface area contributed by atoms with Crippen molar-refractivity contribution in [3.63, 3.8) is 0 Å². The van der Waals surface area contributed by atoms with E-state index in [2.05, 4.69) is 10.3 Å². The highest BCUT2D eigenvalue weighted by Crippen LogP contribution is 2.26. The summed E-state index contributed by atoms with van der Waals surface area (Å²) < 4.78 is 0. The Balaban J connectivity index is 2.44. The van der Waals surface area contributed by atoms with Gasteiger partial charge in [0.15, 0.2) is 0 Å². The molecule has 0 spiro atoms. The van der Waals surface area contributed by atoms with Crippen LogP contribution in [0.5, 0.6) is 0 Å². The van der Waals surface area contributed by atoms with Crippen molar-refractivity contribution in [2.75, 3.05) is 5.32 Å². The zero-order valence-electron chi connectivity index (χ0n) is 10.5. The van der Waals surface area contributed by atoms with Gasteiger partial charge in [-0.1, -0.05) is 0 Å². The van der Waals surface area contributed by atoms with Crippen LogP contribution in [0.1, 0.15) is 16.1 Å². The van der Waals surface area contributed by atoms with Crippen LogP contribution in [0, 0.1) is 17.0 Å². The number of non-ortho nitro benzene ring substituents is 1. The number of carbonyl (C=O) groups is 1. The molecule has 20 heavy (non-hydrogen) atoms. The number of benzene rings is 1. The maximum Gasteiger partial charge on any atom is 0.338 e. The van der Waals surface area contributed by atoms with Gasteiger partial charge in [-0.2, -0.15) is 0 Å². The average molecular weight is 273 g/mol. The number of aromatic nitrogens is 1. The molecule has 0 aliphatic carbocycles. The third-order valence-electron chi connectivity index (χ3n) is 2.72. The minimum Gasteiger partial charge on any atom is -0.478 e. The molecular formula is C13H11N3O4. The molecule has 0 aliphatic heterocycles. The normalized spacial score (nSPS) is 10.1. The molecule has 2 rings (SSSR count). The topological polar surface area (TPSA) is 105 Å². The second kappa shape index (κ2) is 5.35. The highest BCUT2D eigenvalue weighted by atomic mass is 16.6. The fourth-order valence-electron chi connectivity index (χ4n) is 1.69. The van der Waals surface area contributed by atoms with E-state index in [-0.39, 0.29) is 16.9 Å². The Kier molecular flexibility index (Phi) is 3.60. The number of hydrogen-bond acceptors (Lipinski definition) is 5. The lowest BCUT2D eigenvalue weighted by Crippen LogP contribution is -2.05. The first kappa shape index (κ1) is 13.5. The van der Waals surface area contributed by atoms with Crippen molar-refractivity contribution < 1.29 is 14.8 Å². The molecule has 7 heteroatoms. The fourth-order valence-corrected chi connectivity index (χ4v) is 1.69. The van der Waals surface area contributed by atoms with Crippen LogP contribution >= 0.6 is 0 Å². The number of pyridine rings is 1. The van der Waals surface area contributed by atoms with Crippen LogP contribution in [0.3, 0.4) is 0 Å². The van der Waals surface area contributed by atoms with E-state index in [0.717, 1.165) is 6.07 Å². The molecule has 0 bridgehead atoms. The smallest absolute Gasteiger partial charge is 0.338 e. The number of aromatic carboxylic acids is 1. The molecule has 0 saturated carbocycles. The van der Waals surface area contributed by atoms with Crippen LogP contribution in [0.25, 0.3) is 0 Å². The molecular weight excluding hydrogens is 262 g/mol. The molecule has 0 amide bonds. The number of carboxylic acid groups (broad SMARTS) is 1. The van der Waals surface area contributed by atoms with E-state index in [4.69, 9.17) is 5.11 Å². The second-order valence-corrected chi connectivity index (χ2v) is 4.05. The Bertz CT molecular complexity index is 685. The molecule has 1 heterocycles. The number of anilines is 2. The standard InChI is InChI=1S/C13H11N3O4/c1-8-11(3-2-6-14-8)15-12-5-4-9(16(19)20)7-10(12)13(17)18/h2-7,15H,1H3,(H,17,18). The minimum absolute atomic E-state index is 0.164. The van der Waals surface area contributed by atoms with E-state index in [1.54, 1.807) is 25.3 Å². The van der Waals surface area contributed by atoms with E-state index in [1.807, 2.05) is 0 Å². The first-order valence-electron chi connectivity index (χ1n) is 5.69. The summed E-state index contributed by atoms with van der Waals surface area (Å²) in [4.78, 5) is 25.3. The van der Waals surface area contributed by atoms with Crippen molar-refractivity contribution in [3.8, 4) is 0 Å². The van der Waals surface area contributed by atoms with Gasteiger partial charge < -0.3 is 10.4 Å². The number of nitro groups is 1. The SMILES string of the molecule is Cc1ncccc1Nc1ccc([N+](=O)[O-])cc1C(=O)O. The number of nitrogens with one attached hydrogen (secondary N) is 1. The summed E-state index contributed by atoms with van der Waals surface area (Å²) >= 11 is 0. The highest BCUT2D eigenvalue weighted by molar-refractivity contribution is 5.96. The van der Waals surface area contributed by atoms with E-state index in [9.17, 15) is 14.9 Å². The number of carboxylic acids is 1. The van der Waals surface area contributed by atoms with Crippen molar-refractivity contribution in [2.45, 2.75) is 6.92 Å². The van der Waals surface area contributed by atoms with Crippen LogP contribution in [0.2, 0.25) is 0 Å². The van der Waals surface area contributed by atoms with E-state index in [0.29, 0.717) is 11.4 Å². The van der Waals surface area contributed by atoms with Gasteiger partial charge in [-0.15, -0.1) is 0 Å². The monoisotopic (exact) mass is 273 g/mol. The quantitative estimate of drug-likeness (QED) is 0.655. The van der Waals surface area contributed by atoms with Gasteiger partial charge >= 0.3 is 5.97 Å². The van der Waals surface area contributed by atoms with Gasteiger partial charge in [0, 0.05) is 18.3 Å². The Hall–Kier alpha value is -2.96. The van der Waals surface area contributed by atoms with E-state index >= 15 is 0 Å². The molecule has 0 atom stereocenters. The van der Waals surface area contributed by atoms with Gasteiger partial charge in [0.25, 0.3) is 5.69 Å². The van der Waals surface area contributed by atoms with Crippen LogP contribution in [-0.4, -0.2) is 21.0 Å². The third kappa shape index (κ3) is 2.72. The summed E-state index contributed by atoms with van der Waals surface area (Å²) in [6, 6.07) is 7.10. The Labute approximate surface area is 114 Å². The predicted molar refractivity (Wildman–Crippen MR) is 72.3 cm³/mol. The fraction of sp³-hybridized carbons (Fsp3) is 0.0769. The average Bonchev–Trinajstić information content (AvgIpc) is 2.41. The van der Waals surface area contributed by atoms with Crippen LogP contribution in [0.4, 0.5) is 17.1 Å². The molecule has 0 unspecified atom stereocenters. The minimum atomic E-state index is -1.24. The summed E-state index contributed by atoms with van der Waals surface area (Å²) in [7, 11) is 0. The lowest BCUT2D eigenvalue weighted by atomic mass is 10.1. The molecule has 102 valence electrons. The van der Waals surface area contributed by atoms with E-state index in [1.165, 1.54) is 12.1 Å². The zero-order chi connectivity index (χ0) is 14.7. The number of aryl methyl sites for hydroxylation is 1. The number of nitrogens with zero attached hydrogens (tertiary/aromatic N) is 2. The van der Waals surface area contributed by atoms with Crippen LogP contribution in [0.15, 0.2) is 36.5 Å². The van der Waals surface area contributed by atoms with Gasteiger partial charge in [0.1, 0.15) is 0 Å². The lowest BCUT2D eigenvalue weighted by molar-refractivity contribution is -0.384. The molecule has 0 radical (unpaired) electrons. The van der Waals surface area contributed by atoms with Gasteiger partial charge in [-0.25, -0.2) is 4.79 Å². The molecule has 0 fully saturated rings. The molecule has 2 aromatic rings. The first-order chi connectivity index (χ1) is 9.49. The van der Waals surface area contributed by atoms with Crippen LogP contribution < -0.4 is 5.32 Å². The summed E-state index contributed by atoms with van der Waals surface area (Å²) in [5, 5.41) is 22.7. The summed E-state index contributed by atoms with van der Waals surface area (Å²) in [5.41, 5.74) is 1.18. The molecule has 2 N–H and O–H groups in total. The van der Waals surface area contributed by atoms with Crippen molar-refractivity contribution in [1.29, 1.82) is 0 Å². The van der Waals surface area contributed by atoms with Crippen molar-refractivity contribution >= 4 is 23.0 Å². The van der Waals surface area contributed by atoms with Crippen molar-refractivity contribution in [2.24, 2.45) is 0 Å². The maximum absolute atomic E-state index is 11.2. The largest absolute Gasteiger partial charge is 0.478 e.